The molecule has 6 nitrogen and oxygen atoms in total. The summed E-state index contributed by atoms with van der Waals surface area (Å²) in [6.07, 6.45) is 5.40. The van der Waals surface area contributed by atoms with E-state index in [2.05, 4.69) is 4.98 Å². The number of nitrogens with two attached hydrogens (primary N) is 1. The lowest BCUT2D eigenvalue weighted by Gasteiger charge is -2.33. The van der Waals surface area contributed by atoms with E-state index in [-0.39, 0.29) is 16.1 Å². The van der Waals surface area contributed by atoms with Crippen LogP contribution in [0.15, 0.2) is 17.6 Å². The average Bonchev–Trinajstić information content (AvgIpc) is 2.76. The molecule has 1 aromatic heterocycles. The van der Waals surface area contributed by atoms with Gasteiger partial charge in [-0.05, 0) is 12.8 Å². The standard InChI is InChI=1S/C10H16N4O2S2/c1-13-6-9(12-7-13)18(15,16)14-5-3-2-4-8(14)10(11)17/h6-8H,2-5H2,1H3,(H2,11,17). The van der Waals surface area contributed by atoms with Crippen LogP contribution in [0.4, 0.5) is 0 Å². The summed E-state index contributed by atoms with van der Waals surface area (Å²) >= 11 is 4.96. The van der Waals surface area contributed by atoms with Crippen molar-refractivity contribution in [1.82, 2.24) is 13.9 Å². The third-order valence-electron chi connectivity index (χ3n) is 3.04. The van der Waals surface area contributed by atoms with Crippen LogP contribution in [0.1, 0.15) is 19.3 Å². The van der Waals surface area contributed by atoms with E-state index in [1.54, 1.807) is 11.6 Å². The zero-order valence-electron chi connectivity index (χ0n) is 10.1. The minimum absolute atomic E-state index is 0.0492. The maximum atomic E-state index is 12.5. The van der Waals surface area contributed by atoms with Gasteiger partial charge < -0.3 is 10.3 Å². The number of thiocarbonyl (C=S) groups is 1. The van der Waals surface area contributed by atoms with Crippen LogP contribution in [-0.4, -0.2) is 39.8 Å². The number of aryl methyl sites for hydroxylation is 1. The molecule has 0 bridgehead atoms. The molecule has 0 aromatic carbocycles. The van der Waals surface area contributed by atoms with Crippen molar-refractivity contribution < 1.29 is 8.42 Å². The number of hydrogen-bond acceptors (Lipinski definition) is 4. The van der Waals surface area contributed by atoms with Crippen LogP contribution >= 0.6 is 12.2 Å². The van der Waals surface area contributed by atoms with Crippen molar-refractivity contribution in [2.24, 2.45) is 12.8 Å². The topological polar surface area (TPSA) is 81.2 Å². The Morgan fingerprint density at radius 1 is 1.56 bits per heavy atom. The Hall–Kier alpha value is -0.990. The number of rotatable bonds is 3. The molecule has 0 spiro atoms. The lowest BCUT2D eigenvalue weighted by Crippen LogP contribution is -2.49. The van der Waals surface area contributed by atoms with Gasteiger partial charge in [0.05, 0.1) is 17.4 Å². The highest BCUT2D eigenvalue weighted by atomic mass is 32.2. The van der Waals surface area contributed by atoms with E-state index >= 15 is 0 Å². The Bertz CT molecular complexity index is 552. The largest absolute Gasteiger partial charge is 0.392 e. The smallest absolute Gasteiger partial charge is 0.262 e. The van der Waals surface area contributed by atoms with Gasteiger partial charge in [0.2, 0.25) is 0 Å². The van der Waals surface area contributed by atoms with Crippen molar-refractivity contribution in [3.63, 3.8) is 0 Å². The molecule has 2 N–H and O–H groups in total. The summed E-state index contributed by atoms with van der Waals surface area (Å²) < 4.78 is 27.9. The molecule has 1 saturated heterocycles. The summed E-state index contributed by atoms with van der Waals surface area (Å²) in [5, 5.41) is 0.0492. The first-order valence-electron chi connectivity index (χ1n) is 5.72. The number of imidazole rings is 1. The van der Waals surface area contributed by atoms with E-state index in [1.165, 1.54) is 16.8 Å². The minimum atomic E-state index is -3.60. The van der Waals surface area contributed by atoms with Crippen molar-refractivity contribution in [2.45, 2.75) is 30.3 Å². The summed E-state index contributed by atoms with van der Waals surface area (Å²) in [5.41, 5.74) is 5.64. The van der Waals surface area contributed by atoms with Crippen LogP contribution < -0.4 is 5.73 Å². The molecular weight excluding hydrogens is 272 g/mol. The molecule has 0 saturated carbocycles. The Morgan fingerprint density at radius 2 is 2.28 bits per heavy atom. The fourth-order valence-corrected chi connectivity index (χ4v) is 4.07. The fourth-order valence-electron chi connectivity index (χ4n) is 2.12. The summed E-state index contributed by atoms with van der Waals surface area (Å²) in [5.74, 6) is 0. The molecule has 8 heteroatoms. The van der Waals surface area contributed by atoms with Crippen LogP contribution in [0.5, 0.6) is 0 Å². The molecule has 0 radical (unpaired) electrons. The third-order valence-corrected chi connectivity index (χ3v) is 5.10. The minimum Gasteiger partial charge on any atom is -0.392 e. The van der Waals surface area contributed by atoms with Crippen LogP contribution in [0.25, 0.3) is 0 Å². The molecule has 1 unspecified atom stereocenters. The first-order chi connectivity index (χ1) is 8.43. The van der Waals surface area contributed by atoms with Gasteiger partial charge in [0.15, 0.2) is 5.03 Å². The molecule has 0 amide bonds. The zero-order chi connectivity index (χ0) is 13.3. The average molecular weight is 288 g/mol. The van der Waals surface area contributed by atoms with E-state index in [0.717, 1.165) is 12.8 Å². The molecular formula is C10H16N4O2S2. The molecule has 1 fully saturated rings. The van der Waals surface area contributed by atoms with Crippen LogP contribution in [0.3, 0.4) is 0 Å². The molecule has 1 aromatic rings. The second kappa shape index (κ2) is 4.94. The van der Waals surface area contributed by atoms with Gasteiger partial charge in [-0.25, -0.2) is 13.4 Å². The number of nitrogens with zero attached hydrogens (tertiary/aromatic N) is 3. The summed E-state index contributed by atoms with van der Waals surface area (Å²) in [4.78, 5) is 4.14. The molecule has 1 aliphatic rings. The number of sulfonamides is 1. The Morgan fingerprint density at radius 3 is 2.83 bits per heavy atom. The first kappa shape index (κ1) is 13.4. The molecule has 100 valence electrons. The first-order valence-corrected chi connectivity index (χ1v) is 7.57. The molecule has 1 atom stereocenters. The highest BCUT2D eigenvalue weighted by molar-refractivity contribution is 7.89. The van der Waals surface area contributed by atoms with Crippen LogP contribution in [-0.2, 0) is 17.1 Å². The summed E-state index contributed by atoms with van der Waals surface area (Å²) in [7, 11) is -1.87. The van der Waals surface area contributed by atoms with E-state index < -0.39 is 10.0 Å². The summed E-state index contributed by atoms with van der Waals surface area (Å²) in [6.45, 7) is 0.445. The van der Waals surface area contributed by atoms with Crippen molar-refractivity contribution in [3.05, 3.63) is 12.5 Å². The summed E-state index contributed by atoms with van der Waals surface area (Å²) in [6, 6.07) is -0.388. The highest BCUT2D eigenvalue weighted by Crippen LogP contribution is 2.24. The normalized spacial score (nSPS) is 21.9. The second-order valence-electron chi connectivity index (χ2n) is 4.41. The van der Waals surface area contributed by atoms with Crippen LogP contribution in [0.2, 0.25) is 0 Å². The monoisotopic (exact) mass is 288 g/mol. The van der Waals surface area contributed by atoms with Gasteiger partial charge in [0, 0.05) is 19.8 Å². The quantitative estimate of drug-likeness (QED) is 0.806. The van der Waals surface area contributed by atoms with E-state index in [1.807, 2.05) is 0 Å². The van der Waals surface area contributed by atoms with Gasteiger partial charge in [-0.1, -0.05) is 18.6 Å². The van der Waals surface area contributed by atoms with Crippen molar-refractivity contribution in [2.75, 3.05) is 6.54 Å². The van der Waals surface area contributed by atoms with E-state index in [9.17, 15) is 8.42 Å². The van der Waals surface area contributed by atoms with Crippen molar-refractivity contribution >= 4 is 27.2 Å². The Balaban J connectivity index is 2.36. The molecule has 2 heterocycles. The SMILES string of the molecule is Cn1cnc(S(=O)(=O)N2CCCCC2C(N)=S)c1. The molecule has 1 aliphatic heterocycles. The predicted octanol–water partition coefficient (Wildman–Crippen LogP) is 0.249. The van der Waals surface area contributed by atoms with E-state index in [0.29, 0.717) is 13.0 Å². The van der Waals surface area contributed by atoms with Gasteiger partial charge >= 0.3 is 0 Å². The van der Waals surface area contributed by atoms with Gasteiger partial charge in [0.25, 0.3) is 10.0 Å². The maximum absolute atomic E-state index is 12.5. The highest BCUT2D eigenvalue weighted by Gasteiger charge is 2.36. The Kier molecular flexibility index (Phi) is 3.69. The second-order valence-corrected chi connectivity index (χ2v) is 6.72. The number of hydrogen-bond donors (Lipinski definition) is 1. The van der Waals surface area contributed by atoms with Gasteiger partial charge in [0.1, 0.15) is 0 Å². The third kappa shape index (κ3) is 2.40. The predicted molar refractivity (Wildman–Crippen MR) is 71.5 cm³/mol. The van der Waals surface area contributed by atoms with Crippen molar-refractivity contribution in [1.29, 1.82) is 0 Å². The lowest BCUT2D eigenvalue weighted by atomic mass is 10.1. The maximum Gasteiger partial charge on any atom is 0.262 e. The fraction of sp³-hybridized carbons (Fsp3) is 0.600. The van der Waals surface area contributed by atoms with Gasteiger partial charge in [-0.2, -0.15) is 4.31 Å². The Labute approximate surface area is 112 Å². The zero-order valence-corrected chi connectivity index (χ0v) is 11.7. The van der Waals surface area contributed by atoms with Gasteiger partial charge in [-0.3, -0.25) is 0 Å². The van der Waals surface area contributed by atoms with Crippen LogP contribution in [0, 0.1) is 0 Å². The molecule has 2 rings (SSSR count). The van der Waals surface area contributed by atoms with E-state index in [4.69, 9.17) is 18.0 Å². The van der Waals surface area contributed by atoms with Gasteiger partial charge in [-0.15, -0.1) is 0 Å². The number of piperidine rings is 1. The molecule has 18 heavy (non-hydrogen) atoms. The number of aromatic nitrogens is 2. The lowest BCUT2D eigenvalue weighted by molar-refractivity contribution is 0.306. The van der Waals surface area contributed by atoms with Crippen molar-refractivity contribution in [3.8, 4) is 0 Å². The molecule has 0 aliphatic carbocycles.